The van der Waals surface area contributed by atoms with Gasteiger partial charge in [-0.15, -0.1) is 0 Å². The first-order chi connectivity index (χ1) is 18.5. The number of likely N-dealkylation sites (tertiary alicyclic amines) is 1. The van der Waals surface area contributed by atoms with Gasteiger partial charge >= 0.3 is 6.18 Å². The summed E-state index contributed by atoms with van der Waals surface area (Å²) in [6, 6.07) is 4.53. The van der Waals surface area contributed by atoms with E-state index < -0.39 is 23.2 Å². The van der Waals surface area contributed by atoms with Crippen molar-refractivity contribution in [1.29, 1.82) is 0 Å². The van der Waals surface area contributed by atoms with E-state index in [1.165, 1.54) is 12.1 Å². The van der Waals surface area contributed by atoms with Crippen LogP contribution in [-0.2, 0) is 15.7 Å². The second-order valence-corrected chi connectivity index (χ2v) is 11.6. The molecule has 0 bridgehead atoms. The zero-order chi connectivity index (χ0) is 27.8. The standard InChI is InChI=1S/C28H37F3N4O4/c1-39-25-6-5-21(14-32-25)27(38)12-18-10-23(11-19(18)13-27)35-8-7-22(16-35)34-24(36)15-33-26(37)17-3-2-4-20(9-17)28(29,30)31/h2-4,9,14,18-19,21-23,25,38H,5-8,10-13,15-16H2,1H3,(H,33,37)(H,34,36)/t18-,19+,21?,22-,23?,25?,27?/m1/s1. The van der Waals surface area contributed by atoms with Crippen LogP contribution < -0.4 is 10.6 Å². The van der Waals surface area contributed by atoms with Crippen LogP contribution in [0.25, 0.3) is 0 Å². The highest BCUT2D eigenvalue weighted by atomic mass is 19.4. The maximum atomic E-state index is 12.9. The normalized spacial score (nSPS) is 34.7. The molecule has 0 aromatic heterocycles. The van der Waals surface area contributed by atoms with E-state index in [0.717, 1.165) is 70.2 Å². The molecule has 0 radical (unpaired) electrons. The molecule has 2 amide bonds. The number of methoxy groups -OCH3 is 1. The van der Waals surface area contributed by atoms with Gasteiger partial charge < -0.3 is 20.5 Å². The van der Waals surface area contributed by atoms with Gasteiger partial charge in [0.05, 0.1) is 17.7 Å². The van der Waals surface area contributed by atoms with Crippen LogP contribution in [0.3, 0.4) is 0 Å². The number of hydrogen-bond donors (Lipinski definition) is 3. The Balaban J connectivity index is 1.05. The highest BCUT2D eigenvalue weighted by molar-refractivity contribution is 5.96. The number of halogens is 3. The largest absolute Gasteiger partial charge is 0.416 e. The van der Waals surface area contributed by atoms with Gasteiger partial charge in [-0.1, -0.05) is 6.07 Å². The Kier molecular flexibility index (Phi) is 8.03. The molecule has 4 aliphatic rings. The zero-order valence-electron chi connectivity index (χ0n) is 22.1. The Bertz CT molecular complexity index is 1080. The number of carbonyl (C=O) groups is 2. The van der Waals surface area contributed by atoms with E-state index in [1.807, 2.05) is 6.21 Å². The summed E-state index contributed by atoms with van der Waals surface area (Å²) in [7, 11) is 1.66. The molecule has 4 unspecified atom stereocenters. The number of amides is 2. The Morgan fingerprint density at radius 2 is 1.92 bits per heavy atom. The molecule has 8 nitrogen and oxygen atoms in total. The fourth-order valence-electron chi connectivity index (χ4n) is 7.14. The monoisotopic (exact) mass is 550 g/mol. The molecule has 3 fully saturated rings. The van der Waals surface area contributed by atoms with Crippen molar-refractivity contribution in [2.45, 2.75) is 75.0 Å². The zero-order valence-corrected chi connectivity index (χ0v) is 22.1. The van der Waals surface area contributed by atoms with Crippen LogP contribution in [0.5, 0.6) is 0 Å². The number of rotatable bonds is 7. The SMILES string of the molecule is COC1CCC(C2(O)C[C@H]3CC(N4CC[C@@H](NC(=O)CNC(=O)c5cccc(C(F)(F)F)c5)C4)C[C@H]3C2)C=N1. The summed E-state index contributed by atoms with van der Waals surface area (Å²) >= 11 is 0. The average molecular weight is 551 g/mol. The van der Waals surface area contributed by atoms with Crippen LogP contribution in [-0.4, -0.2) is 78.7 Å². The van der Waals surface area contributed by atoms with Crippen molar-refractivity contribution in [1.82, 2.24) is 15.5 Å². The number of fused-ring (bicyclic) bond motifs is 1. The van der Waals surface area contributed by atoms with Gasteiger partial charge in [-0.25, -0.2) is 0 Å². The molecule has 39 heavy (non-hydrogen) atoms. The number of nitrogens with zero attached hydrogens (tertiary/aromatic N) is 2. The van der Waals surface area contributed by atoms with Crippen LogP contribution in [0, 0.1) is 17.8 Å². The van der Waals surface area contributed by atoms with Crippen LogP contribution >= 0.6 is 0 Å². The van der Waals surface area contributed by atoms with E-state index in [0.29, 0.717) is 17.9 Å². The van der Waals surface area contributed by atoms with Crippen molar-refractivity contribution in [3.63, 3.8) is 0 Å². The summed E-state index contributed by atoms with van der Waals surface area (Å²) in [6.07, 6.45) is 3.53. The van der Waals surface area contributed by atoms with Crippen molar-refractivity contribution in [3.8, 4) is 0 Å². The van der Waals surface area contributed by atoms with E-state index in [4.69, 9.17) is 4.74 Å². The number of aliphatic imine (C=N–C) groups is 1. The minimum Gasteiger partial charge on any atom is -0.389 e. The second-order valence-electron chi connectivity index (χ2n) is 11.6. The van der Waals surface area contributed by atoms with Crippen LogP contribution in [0.1, 0.15) is 60.9 Å². The van der Waals surface area contributed by atoms with Gasteiger partial charge in [-0.2, -0.15) is 13.2 Å². The third-order valence-electron chi connectivity index (χ3n) is 9.13. The molecule has 2 aliphatic carbocycles. The van der Waals surface area contributed by atoms with Gasteiger partial charge in [0.2, 0.25) is 5.91 Å². The lowest BCUT2D eigenvalue weighted by Crippen LogP contribution is -2.44. The molecule has 1 aromatic rings. The van der Waals surface area contributed by atoms with E-state index in [1.54, 1.807) is 7.11 Å². The fraction of sp³-hybridized carbons (Fsp3) is 0.679. The Labute approximate surface area is 226 Å². The highest BCUT2D eigenvalue weighted by Crippen LogP contribution is 2.53. The van der Waals surface area contributed by atoms with Crippen molar-refractivity contribution in [3.05, 3.63) is 35.4 Å². The number of nitrogens with one attached hydrogen (secondary N) is 2. The fourth-order valence-corrected chi connectivity index (χ4v) is 7.14. The number of aliphatic hydroxyl groups is 1. The lowest BCUT2D eigenvalue weighted by atomic mass is 9.80. The lowest BCUT2D eigenvalue weighted by Gasteiger charge is -2.35. The molecule has 1 aromatic carbocycles. The van der Waals surface area contributed by atoms with Gasteiger partial charge in [-0.3, -0.25) is 19.5 Å². The van der Waals surface area contributed by atoms with Gasteiger partial charge in [0.25, 0.3) is 5.91 Å². The summed E-state index contributed by atoms with van der Waals surface area (Å²) in [6.45, 7) is 1.31. The Hall–Kier alpha value is -2.50. The minimum atomic E-state index is -4.54. The van der Waals surface area contributed by atoms with Gasteiger partial charge in [0.15, 0.2) is 0 Å². The number of carbonyl (C=O) groups excluding carboxylic acids is 2. The second kappa shape index (κ2) is 11.2. The third-order valence-corrected chi connectivity index (χ3v) is 9.13. The molecule has 3 N–H and O–H groups in total. The summed E-state index contributed by atoms with van der Waals surface area (Å²) in [5.41, 5.74) is -1.73. The van der Waals surface area contributed by atoms with Crippen LogP contribution in [0.4, 0.5) is 13.2 Å². The maximum absolute atomic E-state index is 12.9. The van der Waals surface area contributed by atoms with Crippen molar-refractivity contribution < 1.29 is 32.6 Å². The molecule has 0 spiro atoms. The summed E-state index contributed by atoms with van der Waals surface area (Å²) in [5, 5.41) is 16.8. The van der Waals surface area contributed by atoms with E-state index >= 15 is 0 Å². The van der Waals surface area contributed by atoms with Crippen molar-refractivity contribution in [2.24, 2.45) is 22.7 Å². The van der Waals surface area contributed by atoms with E-state index in [2.05, 4.69) is 20.5 Å². The first kappa shape index (κ1) is 28.0. The molecule has 214 valence electrons. The average Bonchev–Trinajstić information content (AvgIpc) is 3.61. The number of ether oxygens (including phenoxy) is 1. The molecule has 2 saturated carbocycles. The molecule has 11 heteroatoms. The summed E-state index contributed by atoms with van der Waals surface area (Å²) < 4.78 is 44.0. The Morgan fingerprint density at radius 1 is 1.18 bits per heavy atom. The molecule has 5 rings (SSSR count). The molecular weight excluding hydrogens is 513 g/mol. The topological polar surface area (TPSA) is 103 Å². The number of alkyl halides is 3. The molecule has 7 atom stereocenters. The number of hydrogen-bond acceptors (Lipinski definition) is 6. The minimum absolute atomic E-state index is 0.0347. The third kappa shape index (κ3) is 6.30. The highest BCUT2D eigenvalue weighted by Gasteiger charge is 2.53. The molecule has 2 aliphatic heterocycles. The number of benzene rings is 1. The van der Waals surface area contributed by atoms with Gasteiger partial charge in [0.1, 0.15) is 6.23 Å². The quantitative estimate of drug-likeness (QED) is 0.485. The molecule has 1 saturated heterocycles. The van der Waals surface area contributed by atoms with Crippen molar-refractivity contribution >= 4 is 18.0 Å². The van der Waals surface area contributed by atoms with E-state index in [9.17, 15) is 27.9 Å². The smallest absolute Gasteiger partial charge is 0.389 e. The van der Waals surface area contributed by atoms with Gasteiger partial charge in [-0.05, 0) is 75.0 Å². The Morgan fingerprint density at radius 3 is 2.56 bits per heavy atom. The molecular formula is C28H37F3N4O4. The lowest BCUT2D eigenvalue weighted by molar-refractivity contribution is -0.137. The predicted octanol–water partition coefficient (Wildman–Crippen LogP) is 3.00. The molecule has 2 heterocycles. The van der Waals surface area contributed by atoms with Gasteiger partial charge in [0, 0.05) is 50.0 Å². The van der Waals surface area contributed by atoms with Crippen LogP contribution in [0.2, 0.25) is 0 Å². The first-order valence-electron chi connectivity index (χ1n) is 13.8. The summed E-state index contributed by atoms with van der Waals surface area (Å²) in [4.78, 5) is 31.6. The summed E-state index contributed by atoms with van der Waals surface area (Å²) in [5.74, 6) is -0.00458. The predicted molar refractivity (Wildman–Crippen MR) is 138 cm³/mol. The van der Waals surface area contributed by atoms with Crippen LogP contribution in [0.15, 0.2) is 29.3 Å². The van der Waals surface area contributed by atoms with Crippen molar-refractivity contribution in [2.75, 3.05) is 26.7 Å². The van der Waals surface area contributed by atoms with E-state index in [-0.39, 0.29) is 36.2 Å². The first-order valence-corrected chi connectivity index (χ1v) is 13.8. The maximum Gasteiger partial charge on any atom is 0.416 e.